The number of amides is 1. The zero-order chi connectivity index (χ0) is 22.9. The minimum atomic E-state index is -5.36. The number of carbonyl (C=O) groups is 2. The topological polar surface area (TPSA) is 152 Å². The van der Waals surface area contributed by atoms with Crippen molar-refractivity contribution in [2.24, 2.45) is 5.73 Å². The molecule has 11 heteroatoms. The lowest BCUT2D eigenvalue weighted by Gasteiger charge is -2.28. The summed E-state index contributed by atoms with van der Waals surface area (Å²) in [5.74, 6) is -2.66. The van der Waals surface area contributed by atoms with E-state index in [1.54, 1.807) is 6.92 Å². The number of hydrogen-bond acceptors (Lipinski definition) is 7. The van der Waals surface area contributed by atoms with E-state index in [4.69, 9.17) is 11.5 Å². The second kappa shape index (κ2) is 8.36. The smallest absolute Gasteiger partial charge is 0.393 e. The van der Waals surface area contributed by atoms with Gasteiger partial charge in [0.25, 0.3) is 11.5 Å². The highest BCUT2D eigenvalue weighted by molar-refractivity contribution is 5.98. The van der Waals surface area contributed by atoms with E-state index in [9.17, 15) is 33.0 Å². The number of nitrogens with zero attached hydrogens (tertiary/aromatic N) is 2. The van der Waals surface area contributed by atoms with Gasteiger partial charge in [-0.2, -0.15) is 13.2 Å². The van der Waals surface area contributed by atoms with Crippen LogP contribution in [-0.4, -0.2) is 44.2 Å². The molecule has 2 unspecified atom stereocenters. The van der Waals surface area contributed by atoms with Crippen molar-refractivity contribution in [3.8, 4) is 11.3 Å². The summed E-state index contributed by atoms with van der Waals surface area (Å²) in [6.45, 7) is 3.07. The van der Waals surface area contributed by atoms with Crippen LogP contribution < -0.4 is 11.5 Å². The normalized spacial score (nSPS) is 14.8. The molecule has 2 atom stereocenters. The Morgan fingerprint density at radius 2 is 1.90 bits per heavy atom. The molecular formula is C19H21F3N4O4. The number of primary amides is 1. The fourth-order valence-electron chi connectivity index (χ4n) is 2.76. The van der Waals surface area contributed by atoms with Crippen LogP contribution in [-0.2, 0) is 10.4 Å². The first-order chi connectivity index (χ1) is 13.8. The highest BCUT2D eigenvalue weighted by Gasteiger charge is 2.60. The molecule has 0 spiro atoms. The van der Waals surface area contributed by atoms with Gasteiger partial charge in [0.15, 0.2) is 11.6 Å². The Labute approximate surface area is 169 Å². The van der Waals surface area contributed by atoms with E-state index in [2.05, 4.69) is 9.97 Å². The van der Waals surface area contributed by atoms with Crippen LogP contribution in [0.5, 0.6) is 0 Å². The third-order valence-electron chi connectivity index (χ3n) is 4.55. The number of aryl methyl sites for hydroxylation is 1. The van der Waals surface area contributed by atoms with Gasteiger partial charge in [0.2, 0.25) is 0 Å². The van der Waals surface area contributed by atoms with Gasteiger partial charge < -0.3 is 21.7 Å². The molecular weight excluding hydrogens is 405 g/mol. The standard InChI is InChI=1S/C19H21F3N4O4/c1-9-3-5-11(18(30,17(24)29)19(20,21)22)7-12(9)13-8-25-16(23)15(26-13)14(28)6-4-10(2)27/h3,5,7-8,10,27,30H,4,6H2,1-2H3,(H2,23,25)(H2,24,29). The summed E-state index contributed by atoms with van der Waals surface area (Å²) in [6.07, 6.45) is -4.83. The lowest BCUT2D eigenvalue weighted by molar-refractivity contribution is -0.255. The van der Waals surface area contributed by atoms with Gasteiger partial charge in [0.05, 0.1) is 18.0 Å². The maximum Gasteiger partial charge on any atom is 0.430 e. The molecule has 1 amide bonds. The van der Waals surface area contributed by atoms with E-state index >= 15 is 0 Å². The number of anilines is 1. The fraction of sp³-hybridized carbons (Fsp3) is 0.368. The molecule has 162 valence electrons. The molecule has 0 saturated heterocycles. The van der Waals surface area contributed by atoms with E-state index in [-0.39, 0.29) is 35.6 Å². The van der Waals surface area contributed by atoms with E-state index in [1.807, 2.05) is 0 Å². The summed E-state index contributed by atoms with van der Waals surface area (Å²) in [6, 6.07) is 3.09. The highest BCUT2D eigenvalue weighted by Crippen LogP contribution is 2.40. The number of carbonyl (C=O) groups excluding carboxylic acids is 2. The first-order valence-electron chi connectivity index (χ1n) is 8.83. The average molecular weight is 426 g/mol. The largest absolute Gasteiger partial charge is 0.430 e. The number of halogens is 3. The van der Waals surface area contributed by atoms with Gasteiger partial charge in [-0.3, -0.25) is 9.59 Å². The number of aliphatic hydroxyl groups excluding tert-OH is 1. The predicted molar refractivity (Wildman–Crippen MR) is 101 cm³/mol. The Morgan fingerprint density at radius 1 is 1.27 bits per heavy atom. The number of aliphatic hydroxyl groups is 2. The van der Waals surface area contributed by atoms with Crippen molar-refractivity contribution >= 4 is 17.5 Å². The van der Waals surface area contributed by atoms with Gasteiger partial charge in [-0.25, -0.2) is 9.97 Å². The number of Topliss-reactive ketones (excluding diaryl/α,β-unsaturated/α-hetero) is 1. The Bertz CT molecular complexity index is 979. The number of hydrogen-bond donors (Lipinski definition) is 4. The number of ketones is 1. The first kappa shape index (κ1) is 23.2. The molecule has 2 rings (SSSR count). The Morgan fingerprint density at radius 3 is 2.43 bits per heavy atom. The zero-order valence-electron chi connectivity index (χ0n) is 16.2. The molecule has 0 aliphatic carbocycles. The van der Waals surface area contributed by atoms with Crippen LogP contribution in [0.4, 0.5) is 19.0 Å². The lowest BCUT2D eigenvalue weighted by atomic mass is 9.89. The molecule has 0 aliphatic rings. The Balaban J connectivity index is 2.58. The molecule has 2 aromatic rings. The molecule has 0 aliphatic heterocycles. The average Bonchev–Trinajstić information content (AvgIpc) is 2.65. The van der Waals surface area contributed by atoms with Crippen molar-refractivity contribution in [2.45, 2.75) is 44.6 Å². The molecule has 0 radical (unpaired) electrons. The van der Waals surface area contributed by atoms with Crippen LogP contribution in [0, 0.1) is 6.92 Å². The SMILES string of the molecule is Cc1ccc(C(O)(C(N)=O)C(F)(F)F)cc1-c1cnc(N)c(C(=O)CCC(C)O)n1. The molecule has 6 N–H and O–H groups in total. The van der Waals surface area contributed by atoms with Gasteiger partial charge in [-0.05, 0) is 31.9 Å². The molecule has 30 heavy (non-hydrogen) atoms. The van der Waals surface area contributed by atoms with E-state index in [1.165, 1.54) is 13.0 Å². The van der Waals surface area contributed by atoms with Crippen molar-refractivity contribution in [2.75, 3.05) is 5.73 Å². The van der Waals surface area contributed by atoms with E-state index in [0.717, 1.165) is 18.3 Å². The van der Waals surface area contributed by atoms with Crippen LogP contribution in [0.2, 0.25) is 0 Å². The second-order valence-corrected chi connectivity index (χ2v) is 6.90. The summed E-state index contributed by atoms with van der Waals surface area (Å²) in [5, 5.41) is 19.4. The number of benzene rings is 1. The van der Waals surface area contributed by atoms with E-state index in [0.29, 0.717) is 5.56 Å². The van der Waals surface area contributed by atoms with Crippen molar-refractivity contribution in [1.29, 1.82) is 0 Å². The summed E-state index contributed by atoms with van der Waals surface area (Å²) in [7, 11) is 0. The van der Waals surface area contributed by atoms with Crippen molar-refractivity contribution < 1.29 is 33.0 Å². The second-order valence-electron chi connectivity index (χ2n) is 6.90. The maximum absolute atomic E-state index is 13.4. The summed E-state index contributed by atoms with van der Waals surface area (Å²) in [4.78, 5) is 31.8. The predicted octanol–water partition coefficient (Wildman–Crippen LogP) is 1.61. The van der Waals surface area contributed by atoms with Crippen molar-refractivity contribution in [3.63, 3.8) is 0 Å². The first-order valence-corrected chi connectivity index (χ1v) is 8.83. The Hall–Kier alpha value is -3.05. The minimum Gasteiger partial charge on any atom is -0.393 e. The van der Waals surface area contributed by atoms with E-state index < -0.39 is 35.1 Å². The fourth-order valence-corrected chi connectivity index (χ4v) is 2.76. The molecule has 0 bridgehead atoms. The molecule has 1 aromatic carbocycles. The number of alkyl halides is 3. The monoisotopic (exact) mass is 426 g/mol. The quantitative estimate of drug-likeness (QED) is 0.491. The molecule has 8 nitrogen and oxygen atoms in total. The van der Waals surface area contributed by atoms with Gasteiger partial charge in [0.1, 0.15) is 5.69 Å². The third-order valence-corrected chi connectivity index (χ3v) is 4.55. The van der Waals surface area contributed by atoms with Crippen molar-refractivity contribution in [1.82, 2.24) is 9.97 Å². The minimum absolute atomic E-state index is 0.0120. The summed E-state index contributed by atoms with van der Waals surface area (Å²) in [5.41, 5.74) is 6.18. The van der Waals surface area contributed by atoms with Gasteiger partial charge in [-0.1, -0.05) is 12.1 Å². The highest BCUT2D eigenvalue weighted by atomic mass is 19.4. The van der Waals surface area contributed by atoms with Crippen LogP contribution >= 0.6 is 0 Å². The van der Waals surface area contributed by atoms with Crippen LogP contribution in [0.3, 0.4) is 0 Å². The number of nitrogens with two attached hydrogens (primary N) is 2. The summed E-state index contributed by atoms with van der Waals surface area (Å²) < 4.78 is 40.2. The van der Waals surface area contributed by atoms with Gasteiger partial charge in [0, 0.05) is 17.5 Å². The van der Waals surface area contributed by atoms with Gasteiger partial charge in [-0.15, -0.1) is 0 Å². The van der Waals surface area contributed by atoms with Crippen LogP contribution in [0.25, 0.3) is 11.3 Å². The molecule has 1 heterocycles. The number of rotatable bonds is 7. The third kappa shape index (κ3) is 4.41. The number of aromatic nitrogens is 2. The van der Waals surface area contributed by atoms with Crippen LogP contribution in [0.15, 0.2) is 24.4 Å². The molecule has 1 aromatic heterocycles. The Kier molecular flexibility index (Phi) is 6.48. The van der Waals surface area contributed by atoms with Gasteiger partial charge >= 0.3 is 6.18 Å². The lowest BCUT2D eigenvalue weighted by Crippen LogP contribution is -2.52. The molecule has 0 saturated carbocycles. The van der Waals surface area contributed by atoms with Crippen molar-refractivity contribution in [3.05, 3.63) is 41.2 Å². The summed E-state index contributed by atoms with van der Waals surface area (Å²) >= 11 is 0. The zero-order valence-corrected chi connectivity index (χ0v) is 16.2. The number of nitrogen functional groups attached to an aromatic ring is 1. The molecule has 0 fully saturated rings. The van der Waals surface area contributed by atoms with Crippen LogP contribution in [0.1, 0.15) is 41.4 Å². The maximum atomic E-state index is 13.4.